The molecule has 0 spiro atoms. The summed E-state index contributed by atoms with van der Waals surface area (Å²) >= 11 is 1.47. The molecule has 1 aliphatic heterocycles. The number of amides is 1. The molecular formula is C18H25N3O2S. The Bertz CT molecular complexity index is 705. The van der Waals surface area contributed by atoms with Crippen LogP contribution in [0.1, 0.15) is 27.2 Å². The molecule has 2 aromatic rings. The SMILES string of the molecule is CCOc1ccc2nc(SCC(=O)N3CC(C)CC(C)C3)[nH]c2c1. The second kappa shape index (κ2) is 7.47. The number of hydrogen-bond donors (Lipinski definition) is 1. The van der Waals surface area contributed by atoms with Crippen LogP contribution in [0.25, 0.3) is 11.0 Å². The number of ether oxygens (including phenoxy) is 1. The highest BCUT2D eigenvalue weighted by molar-refractivity contribution is 7.99. The molecule has 1 aliphatic rings. The molecule has 2 atom stereocenters. The van der Waals surface area contributed by atoms with Crippen molar-refractivity contribution in [3.8, 4) is 5.75 Å². The number of nitrogens with zero attached hydrogens (tertiary/aromatic N) is 2. The van der Waals surface area contributed by atoms with Crippen LogP contribution in [0.15, 0.2) is 23.4 Å². The van der Waals surface area contributed by atoms with Crippen molar-refractivity contribution in [3.63, 3.8) is 0 Å². The molecule has 0 aliphatic carbocycles. The zero-order valence-corrected chi connectivity index (χ0v) is 15.4. The van der Waals surface area contributed by atoms with Gasteiger partial charge in [0.1, 0.15) is 5.75 Å². The summed E-state index contributed by atoms with van der Waals surface area (Å²) in [4.78, 5) is 22.3. The van der Waals surface area contributed by atoms with Crippen LogP contribution in [-0.2, 0) is 4.79 Å². The van der Waals surface area contributed by atoms with Crippen LogP contribution in [0.2, 0.25) is 0 Å². The van der Waals surface area contributed by atoms with Crippen LogP contribution in [-0.4, -0.2) is 46.2 Å². The molecule has 1 aromatic carbocycles. The Labute approximate surface area is 147 Å². The highest BCUT2D eigenvalue weighted by atomic mass is 32.2. The molecule has 0 radical (unpaired) electrons. The maximum atomic E-state index is 12.5. The van der Waals surface area contributed by atoms with Crippen molar-refractivity contribution >= 4 is 28.7 Å². The Hall–Kier alpha value is -1.69. The van der Waals surface area contributed by atoms with Gasteiger partial charge < -0.3 is 14.6 Å². The van der Waals surface area contributed by atoms with Gasteiger partial charge in [-0.2, -0.15) is 0 Å². The van der Waals surface area contributed by atoms with Gasteiger partial charge in [-0.15, -0.1) is 0 Å². The van der Waals surface area contributed by atoms with Gasteiger partial charge in [-0.1, -0.05) is 25.6 Å². The van der Waals surface area contributed by atoms with Gasteiger partial charge in [0.15, 0.2) is 5.16 Å². The van der Waals surface area contributed by atoms with Crippen molar-refractivity contribution in [2.45, 2.75) is 32.3 Å². The molecule has 1 aromatic heterocycles. The number of fused-ring (bicyclic) bond motifs is 1. The first-order valence-corrected chi connectivity index (χ1v) is 9.56. The van der Waals surface area contributed by atoms with E-state index in [1.54, 1.807) is 0 Å². The van der Waals surface area contributed by atoms with Crippen molar-refractivity contribution in [1.82, 2.24) is 14.9 Å². The molecule has 3 rings (SSSR count). The number of rotatable bonds is 5. The number of hydrogen-bond acceptors (Lipinski definition) is 4. The van der Waals surface area contributed by atoms with Crippen LogP contribution in [0, 0.1) is 11.8 Å². The lowest BCUT2D eigenvalue weighted by molar-refractivity contribution is -0.130. The first kappa shape index (κ1) is 17.1. The molecular weight excluding hydrogens is 322 g/mol. The molecule has 1 fully saturated rings. The number of thioether (sulfide) groups is 1. The first-order chi connectivity index (χ1) is 11.5. The minimum Gasteiger partial charge on any atom is -0.494 e. The van der Waals surface area contributed by atoms with Gasteiger partial charge in [-0.3, -0.25) is 4.79 Å². The monoisotopic (exact) mass is 347 g/mol. The fourth-order valence-corrected chi connectivity index (χ4v) is 4.17. The number of nitrogens with one attached hydrogen (secondary N) is 1. The van der Waals surface area contributed by atoms with Crippen LogP contribution < -0.4 is 4.74 Å². The number of imidazole rings is 1. The van der Waals surface area contributed by atoms with E-state index < -0.39 is 0 Å². The largest absolute Gasteiger partial charge is 0.494 e. The number of benzene rings is 1. The Morgan fingerprint density at radius 3 is 2.83 bits per heavy atom. The normalized spacial score (nSPS) is 21.2. The number of aromatic amines is 1. The zero-order chi connectivity index (χ0) is 17.1. The molecule has 2 unspecified atom stereocenters. The number of carbonyl (C=O) groups is 1. The summed E-state index contributed by atoms with van der Waals surface area (Å²) in [6, 6.07) is 5.81. The summed E-state index contributed by atoms with van der Waals surface area (Å²) in [6.45, 7) is 8.80. The van der Waals surface area contributed by atoms with E-state index in [1.807, 2.05) is 30.0 Å². The highest BCUT2D eigenvalue weighted by Crippen LogP contribution is 2.25. The minimum atomic E-state index is 0.203. The maximum absolute atomic E-state index is 12.5. The summed E-state index contributed by atoms with van der Waals surface area (Å²) in [5.74, 6) is 2.64. The molecule has 2 heterocycles. The lowest BCUT2D eigenvalue weighted by atomic mass is 9.92. The molecule has 6 heteroatoms. The summed E-state index contributed by atoms with van der Waals surface area (Å²) < 4.78 is 5.51. The topological polar surface area (TPSA) is 58.2 Å². The van der Waals surface area contributed by atoms with E-state index in [0.717, 1.165) is 35.0 Å². The molecule has 24 heavy (non-hydrogen) atoms. The number of likely N-dealkylation sites (tertiary alicyclic amines) is 1. The second-order valence-electron chi connectivity index (χ2n) is 6.69. The van der Waals surface area contributed by atoms with Crippen molar-refractivity contribution < 1.29 is 9.53 Å². The van der Waals surface area contributed by atoms with E-state index in [1.165, 1.54) is 18.2 Å². The van der Waals surface area contributed by atoms with Gasteiger partial charge >= 0.3 is 0 Å². The molecule has 0 bridgehead atoms. The third-order valence-corrected chi connectivity index (χ3v) is 5.15. The maximum Gasteiger partial charge on any atom is 0.233 e. The Morgan fingerprint density at radius 2 is 2.12 bits per heavy atom. The molecule has 1 amide bonds. The average molecular weight is 347 g/mol. The predicted molar refractivity (Wildman–Crippen MR) is 97.5 cm³/mol. The quantitative estimate of drug-likeness (QED) is 0.840. The van der Waals surface area contributed by atoms with Crippen LogP contribution in [0.4, 0.5) is 0 Å². The van der Waals surface area contributed by atoms with Gasteiger partial charge in [-0.25, -0.2) is 4.98 Å². The average Bonchev–Trinajstić information content (AvgIpc) is 2.94. The lowest BCUT2D eigenvalue weighted by Gasteiger charge is -2.34. The van der Waals surface area contributed by atoms with Gasteiger partial charge in [-0.05, 0) is 37.3 Å². The van der Waals surface area contributed by atoms with Crippen molar-refractivity contribution in [3.05, 3.63) is 18.2 Å². The molecule has 1 saturated heterocycles. The standard InChI is InChI=1S/C18H25N3O2S/c1-4-23-14-5-6-15-16(8-14)20-18(19-15)24-11-17(22)21-9-12(2)7-13(3)10-21/h5-6,8,12-13H,4,7,9-11H2,1-3H3,(H,19,20). The van der Waals surface area contributed by atoms with Gasteiger partial charge in [0, 0.05) is 19.2 Å². The van der Waals surface area contributed by atoms with Crippen molar-refractivity contribution in [1.29, 1.82) is 0 Å². The fourth-order valence-electron chi connectivity index (χ4n) is 3.38. The smallest absolute Gasteiger partial charge is 0.233 e. The predicted octanol–water partition coefficient (Wildman–Crippen LogP) is 3.56. The molecule has 130 valence electrons. The van der Waals surface area contributed by atoms with Crippen LogP contribution >= 0.6 is 11.8 Å². The van der Waals surface area contributed by atoms with E-state index >= 15 is 0 Å². The molecule has 1 N–H and O–H groups in total. The number of H-pyrrole nitrogens is 1. The Morgan fingerprint density at radius 1 is 1.38 bits per heavy atom. The van der Waals surface area contributed by atoms with Crippen molar-refractivity contribution in [2.75, 3.05) is 25.4 Å². The second-order valence-corrected chi connectivity index (χ2v) is 7.65. The van der Waals surface area contributed by atoms with E-state index in [9.17, 15) is 4.79 Å². The van der Waals surface area contributed by atoms with Crippen molar-refractivity contribution in [2.24, 2.45) is 11.8 Å². The number of aromatic nitrogens is 2. The van der Waals surface area contributed by atoms with Gasteiger partial charge in [0.2, 0.25) is 5.91 Å². The minimum absolute atomic E-state index is 0.203. The third kappa shape index (κ3) is 4.04. The molecule has 0 saturated carbocycles. The summed E-state index contributed by atoms with van der Waals surface area (Å²) in [5.41, 5.74) is 1.84. The van der Waals surface area contributed by atoms with E-state index in [0.29, 0.717) is 24.2 Å². The summed E-state index contributed by atoms with van der Waals surface area (Å²) in [6.07, 6.45) is 1.21. The zero-order valence-electron chi connectivity index (χ0n) is 14.5. The van der Waals surface area contributed by atoms with Crippen LogP contribution in [0.5, 0.6) is 5.75 Å². The van der Waals surface area contributed by atoms with E-state index in [-0.39, 0.29) is 5.91 Å². The first-order valence-electron chi connectivity index (χ1n) is 8.58. The lowest BCUT2D eigenvalue weighted by Crippen LogP contribution is -2.43. The van der Waals surface area contributed by atoms with Gasteiger partial charge in [0.25, 0.3) is 0 Å². The van der Waals surface area contributed by atoms with E-state index in [4.69, 9.17) is 4.74 Å². The molecule has 5 nitrogen and oxygen atoms in total. The number of carbonyl (C=O) groups excluding carboxylic acids is 1. The van der Waals surface area contributed by atoms with Gasteiger partial charge in [0.05, 0.1) is 23.4 Å². The third-order valence-electron chi connectivity index (χ3n) is 4.30. The highest BCUT2D eigenvalue weighted by Gasteiger charge is 2.25. The van der Waals surface area contributed by atoms with Crippen LogP contribution in [0.3, 0.4) is 0 Å². The fraction of sp³-hybridized carbons (Fsp3) is 0.556. The summed E-state index contributed by atoms with van der Waals surface area (Å²) in [7, 11) is 0. The summed E-state index contributed by atoms with van der Waals surface area (Å²) in [5, 5.41) is 0.783. The Balaban J connectivity index is 1.61. The number of piperidine rings is 1. The van der Waals surface area contributed by atoms with E-state index in [2.05, 4.69) is 23.8 Å². The Kier molecular flexibility index (Phi) is 5.33.